The summed E-state index contributed by atoms with van der Waals surface area (Å²) in [6, 6.07) is 23.7. The van der Waals surface area contributed by atoms with Crippen molar-refractivity contribution < 1.29 is 18.7 Å². The van der Waals surface area contributed by atoms with E-state index in [2.05, 4.69) is 49.7 Å². The molecule has 0 N–H and O–H groups in total. The van der Waals surface area contributed by atoms with Gasteiger partial charge in [-0.3, -0.25) is 9.69 Å². The van der Waals surface area contributed by atoms with E-state index in [1.54, 1.807) is 7.11 Å². The number of imidazole rings is 1. The van der Waals surface area contributed by atoms with Crippen molar-refractivity contribution in [1.82, 2.24) is 19.4 Å². The highest BCUT2D eigenvalue weighted by Crippen LogP contribution is 2.39. The van der Waals surface area contributed by atoms with Crippen LogP contribution in [0.15, 0.2) is 79.1 Å². The smallest absolute Gasteiger partial charge is 0.323 e. The number of carbonyl (C=O) groups excluding carboxylic acids is 1. The SMILES string of the molecule is COc1ccc(COC(=O)[C@@H](C2CCCCC2)N2C[C@H](CN3CCC(n4cnc5cc(F)ccc54)CC3)[C@@H](c3ccccc3)C2)cc1. The van der Waals surface area contributed by atoms with E-state index in [1.807, 2.05) is 36.7 Å². The Hall–Kier alpha value is -3.75. The second-order valence-electron chi connectivity index (χ2n) is 13.8. The zero-order valence-electron chi connectivity index (χ0n) is 27.5. The molecule has 0 bridgehead atoms. The fourth-order valence-electron chi connectivity index (χ4n) is 8.45. The third-order valence-corrected chi connectivity index (χ3v) is 10.9. The van der Waals surface area contributed by atoms with Crippen LogP contribution < -0.4 is 4.74 Å². The molecule has 3 fully saturated rings. The van der Waals surface area contributed by atoms with Crippen LogP contribution in [0.4, 0.5) is 4.39 Å². The molecule has 7 nitrogen and oxygen atoms in total. The van der Waals surface area contributed by atoms with E-state index in [-0.39, 0.29) is 24.4 Å². The summed E-state index contributed by atoms with van der Waals surface area (Å²) in [4.78, 5) is 23.6. The minimum absolute atomic E-state index is 0.0755. The highest BCUT2D eigenvalue weighted by atomic mass is 19.1. The lowest BCUT2D eigenvalue weighted by molar-refractivity contribution is -0.154. The number of halogens is 1. The Labute approximate surface area is 277 Å². The van der Waals surface area contributed by atoms with E-state index in [1.165, 1.54) is 37.0 Å². The van der Waals surface area contributed by atoms with Crippen LogP contribution in [0.3, 0.4) is 0 Å². The largest absolute Gasteiger partial charge is 0.497 e. The van der Waals surface area contributed by atoms with Crippen LogP contribution >= 0.6 is 0 Å². The zero-order valence-corrected chi connectivity index (χ0v) is 27.5. The van der Waals surface area contributed by atoms with Gasteiger partial charge in [0.15, 0.2) is 0 Å². The predicted molar refractivity (Wildman–Crippen MR) is 182 cm³/mol. The van der Waals surface area contributed by atoms with E-state index >= 15 is 0 Å². The average molecular weight is 639 g/mol. The van der Waals surface area contributed by atoms with Crippen LogP contribution in [0.2, 0.25) is 0 Å². The number of rotatable bonds is 10. The van der Waals surface area contributed by atoms with Crippen LogP contribution in [0.5, 0.6) is 5.75 Å². The molecule has 1 saturated carbocycles. The van der Waals surface area contributed by atoms with Crippen molar-refractivity contribution in [1.29, 1.82) is 0 Å². The van der Waals surface area contributed by atoms with Gasteiger partial charge in [0.25, 0.3) is 0 Å². The van der Waals surface area contributed by atoms with Gasteiger partial charge in [0.1, 0.15) is 24.2 Å². The highest BCUT2D eigenvalue weighted by Gasteiger charge is 2.44. The summed E-state index contributed by atoms with van der Waals surface area (Å²) in [7, 11) is 1.66. The number of fused-ring (bicyclic) bond motifs is 1. The molecule has 1 aliphatic carbocycles. The molecule has 0 spiro atoms. The van der Waals surface area contributed by atoms with Crippen LogP contribution in [0.1, 0.15) is 68.0 Å². The van der Waals surface area contributed by atoms with Crippen molar-refractivity contribution in [3.63, 3.8) is 0 Å². The molecule has 4 aromatic rings. The quantitative estimate of drug-likeness (QED) is 0.171. The van der Waals surface area contributed by atoms with Crippen LogP contribution in [-0.2, 0) is 16.1 Å². The third kappa shape index (κ3) is 7.24. The Morgan fingerprint density at radius 3 is 2.45 bits per heavy atom. The second-order valence-corrected chi connectivity index (χ2v) is 13.8. The lowest BCUT2D eigenvalue weighted by atomic mass is 9.83. The van der Waals surface area contributed by atoms with Gasteiger partial charge >= 0.3 is 5.97 Å². The maximum atomic E-state index is 14.0. The van der Waals surface area contributed by atoms with Crippen molar-refractivity contribution in [2.75, 3.05) is 39.8 Å². The Morgan fingerprint density at radius 1 is 0.936 bits per heavy atom. The lowest BCUT2D eigenvalue weighted by Gasteiger charge is -2.36. The van der Waals surface area contributed by atoms with Gasteiger partial charge in [-0.15, -0.1) is 0 Å². The number of hydrogen-bond acceptors (Lipinski definition) is 6. The summed E-state index contributed by atoms with van der Waals surface area (Å²) in [5, 5.41) is 0. The molecular weight excluding hydrogens is 591 g/mol. The Kier molecular flexibility index (Phi) is 9.87. The number of methoxy groups -OCH3 is 1. The van der Waals surface area contributed by atoms with Gasteiger partial charge in [0.05, 0.1) is 24.5 Å². The number of benzene rings is 3. The first kappa shape index (κ1) is 31.8. The van der Waals surface area contributed by atoms with Crippen molar-refractivity contribution in [3.05, 3.63) is 96.1 Å². The van der Waals surface area contributed by atoms with Crippen LogP contribution in [0.25, 0.3) is 11.0 Å². The molecule has 3 atom stereocenters. The Morgan fingerprint density at radius 2 is 1.70 bits per heavy atom. The molecule has 0 radical (unpaired) electrons. The topological polar surface area (TPSA) is 59.8 Å². The molecule has 1 aromatic heterocycles. The van der Waals surface area contributed by atoms with Crippen LogP contribution in [-0.4, -0.2) is 71.2 Å². The number of ether oxygens (including phenoxy) is 2. The molecule has 248 valence electrons. The van der Waals surface area contributed by atoms with Gasteiger partial charge in [-0.2, -0.15) is 0 Å². The minimum Gasteiger partial charge on any atom is -0.497 e. The predicted octanol–water partition coefficient (Wildman–Crippen LogP) is 7.23. The minimum atomic E-state index is -0.243. The fourth-order valence-corrected chi connectivity index (χ4v) is 8.45. The van der Waals surface area contributed by atoms with E-state index in [0.717, 1.165) is 80.8 Å². The molecular formula is C39H47FN4O3. The maximum absolute atomic E-state index is 14.0. The number of aromatic nitrogens is 2. The zero-order chi connectivity index (χ0) is 32.2. The molecule has 3 heterocycles. The van der Waals surface area contributed by atoms with Crippen molar-refractivity contribution >= 4 is 17.0 Å². The summed E-state index contributed by atoms with van der Waals surface area (Å²) in [6.45, 7) is 5.09. The number of piperidine rings is 1. The van der Waals surface area contributed by atoms with Gasteiger partial charge in [-0.05, 0) is 72.9 Å². The maximum Gasteiger partial charge on any atom is 0.323 e. The van der Waals surface area contributed by atoms with Crippen molar-refractivity contribution in [3.8, 4) is 5.75 Å². The van der Waals surface area contributed by atoms with E-state index < -0.39 is 0 Å². The molecule has 2 aliphatic heterocycles. The Bertz CT molecular complexity index is 1610. The number of hydrogen-bond donors (Lipinski definition) is 0. The number of likely N-dealkylation sites (tertiary alicyclic amines) is 2. The van der Waals surface area contributed by atoms with E-state index in [0.29, 0.717) is 23.8 Å². The summed E-state index contributed by atoms with van der Waals surface area (Å²) < 4.78 is 27.4. The van der Waals surface area contributed by atoms with Crippen LogP contribution in [0, 0.1) is 17.7 Å². The standard InChI is InChI=1S/C39H47FN4O3/c1-46-34-15-12-28(13-16-34)26-47-39(45)38(30-10-6-3-7-11-30)43-24-31(35(25-43)29-8-4-2-5-9-29)23-42-20-18-33(19-21-42)44-27-41-36-22-32(40)14-17-37(36)44/h2,4-5,8-9,12-17,22,27,30-31,33,35,38H,3,6-7,10-11,18-21,23-26H2,1H3/t31-,35+,38+/m0/s1. The molecule has 3 aromatic carbocycles. The van der Waals surface area contributed by atoms with Gasteiger partial charge in [0, 0.05) is 50.7 Å². The number of nitrogens with zero attached hydrogens (tertiary/aromatic N) is 4. The van der Waals surface area contributed by atoms with Gasteiger partial charge in [0.2, 0.25) is 0 Å². The number of carbonyl (C=O) groups is 1. The van der Waals surface area contributed by atoms with Gasteiger partial charge in [-0.25, -0.2) is 9.37 Å². The second kappa shape index (κ2) is 14.6. The summed E-state index contributed by atoms with van der Waals surface area (Å²) in [6.07, 6.45) is 9.75. The van der Waals surface area contributed by atoms with E-state index in [4.69, 9.17) is 9.47 Å². The van der Waals surface area contributed by atoms with Crippen molar-refractivity contribution in [2.45, 2.75) is 69.6 Å². The van der Waals surface area contributed by atoms with E-state index in [9.17, 15) is 9.18 Å². The lowest BCUT2D eigenvalue weighted by Crippen LogP contribution is -2.47. The molecule has 0 unspecified atom stereocenters. The first-order valence-corrected chi connectivity index (χ1v) is 17.5. The molecule has 3 aliphatic rings. The highest BCUT2D eigenvalue weighted by molar-refractivity contribution is 5.76. The molecule has 0 amide bonds. The third-order valence-electron chi connectivity index (χ3n) is 10.9. The summed E-state index contributed by atoms with van der Waals surface area (Å²) in [5.74, 6) is 1.59. The molecule has 47 heavy (non-hydrogen) atoms. The van der Waals surface area contributed by atoms with Gasteiger partial charge in [-0.1, -0.05) is 61.7 Å². The number of esters is 1. The normalized spacial score (nSPS) is 22.4. The first-order valence-electron chi connectivity index (χ1n) is 17.5. The molecule has 2 saturated heterocycles. The van der Waals surface area contributed by atoms with Gasteiger partial charge < -0.3 is 18.9 Å². The molecule has 7 rings (SSSR count). The van der Waals surface area contributed by atoms with Crippen molar-refractivity contribution in [2.24, 2.45) is 11.8 Å². The summed E-state index contributed by atoms with van der Waals surface area (Å²) in [5.41, 5.74) is 4.07. The summed E-state index contributed by atoms with van der Waals surface area (Å²) >= 11 is 0. The average Bonchev–Trinajstić information content (AvgIpc) is 3.73. The monoisotopic (exact) mass is 638 g/mol. The first-order chi connectivity index (χ1) is 23.1. The molecule has 8 heteroatoms. The Balaban J connectivity index is 1.05. The fraction of sp³-hybridized carbons (Fsp3) is 0.487.